The zero-order valence-corrected chi connectivity index (χ0v) is 10.2. The van der Waals surface area contributed by atoms with Gasteiger partial charge in [0.05, 0.1) is 12.8 Å². The Labute approximate surface area is 90.7 Å². The van der Waals surface area contributed by atoms with E-state index in [1.807, 2.05) is 27.7 Å². The third-order valence-electron chi connectivity index (χ3n) is 2.01. The molecule has 1 rings (SSSR count). The van der Waals surface area contributed by atoms with Crippen molar-refractivity contribution in [3.05, 3.63) is 21.6 Å². The van der Waals surface area contributed by atoms with Crippen LogP contribution in [0.25, 0.3) is 0 Å². The molecular weight excluding hydrogens is 192 g/mol. The summed E-state index contributed by atoms with van der Waals surface area (Å²) in [7, 11) is 1.50. The largest absolute Gasteiger partial charge is 0.491 e. The second-order valence-corrected chi connectivity index (χ2v) is 2.72. The number of aromatic amines is 1. The fourth-order valence-electron chi connectivity index (χ4n) is 1.38. The van der Waals surface area contributed by atoms with Crippen LogP contribution in [-0.4, -0.2) is 17.3 Å². The van der Waals surface area contributed by atoms with Crippen molar-refractivity contribution >= 4 is 0 Å². The van der Waals surface area contributed by atoms with Gasteiger partial charge in [0.1, 0.15) is 0 Å². The molecule has 0 aliphatic carbocycles. The van der Waals surface area contributed by atoms with E-state index in [-0.39, 0.29) is 5.56 Å². The summed E-state index contributed by atoms with van der Waals surface area (Å²) in [5.41, 5.74) is 1.56. The van der Waals surface area contributed by atoms with E-state index in [0.717, 1.165) is 24.1 Å². The number of nitrogens with one attached hydrogen (secondary N) is 1. The van der Waals surface area contributed by atoms with Gasteiger partial charge in [-0.3, -0.25) is 4.79 Å². The van der Waals surface area contributed by atoms with Crippen LogP contribution in [0.1, 0.15) is 39.0 Å². The Bertz CT molecular complexity index is 345. The van der Waals surface area contributed by atoms with Crippen molar-refractivity contribution in [3.63, 3.8) is 0 Å². The minimum Gasteiger partial charge on any atom is -0.491 e. The van der Waals surface area contributed by atoms with Crippen molar-refractivity contribution in [2.75, 3.05) is 7.11 Å². The maximum atomic E-state index is 11.3. The number of aromatic nitrogens is 2. The summed E-state index contributed by atoms with van der Waals surface area (Å²) in [6.07, 6.45) is 1.57. The second kappa shape index (κ2) is 7.04. The van der Waals surface area contributed by atoms with Gasteiger partial charge >= 0.3 is 5.56 Å². The van der Waals surface area contributed by atoms with Crippen LogP contribution in [0, 0.1) is 0 Å². The lowest BCUT2D eigenvalue weighted by Crippen LogP contribution is -2.16. The third-order valence-corrected chi connectivity index (χ3v) is 2.01. The number of ether oxygens (including phenoxy) is 1. The molecule has 1 N–H and O–H groups in total. The molecule has 0 radical (unpaired) electrons. The summed E-state index contributed by atoms with van der Waals surface area (Å²) in [5.74, 6) is 0.398. The summed E-state index contributed by atoms with van der Waals surface area (Å²) in [5, 5.41) is 6.37. The van der Waals surface area contributed by atoms with E-state index in [0.29, 0.717) is 5.75 Å². The first kappa shape index (κ1) is 13.7. The smallest absolute Gasteiger partial charge is 0.306 e. The SMILES string of the molecule is CC.CCc1n[nH]c(=O)c(OC)c1CC. The molecule has 0 bridgehead atoms. The lowest BCUT2D eigenvalue weighted by molar-refractivity contribution is 0.400. The van der Waals surface area contributed by atoms with Crippen molar-refractivity contribution in [2.24, 2.45) is 0 Å². The predicted octanol–water partition coefficient (Wildman–Crippen LogP) is 1.93. The van der Waals surface area contributed by atoms with E-state index in [9.17, 15) is 4.79 Å². The van der Waals surface area contributed by atoms with Gasteiger partial charge in [0.25, 0.3) is 0 Å². The number of aryl methyl sites for hydroxylation is 1. The van der Waals surface area contributed by atoms with Gasteiger partial charge < -0.3 is 4.74 Å². The van der Waals surface area contributed by atoms with E-state index in [2.05, 4.69) is 10.2 Å². The number of H-pyrrole nitrogens is 1. The Balaban J connectivity index is 0.000000921. The van der Waals surface area contributed by atoms with Gasteiger partial charge in [-0.15, -0.1) is 0 Å². The van der Waals surface area contributed by atoms with Crippen LogP contribution < -0.4 is 10.3 Å². The summed E-state index contributed by atoms with van der Waals surface area (Å²) in [6.45, 7) is 7.98. The highest BCUT2D eigenvalue weighted by atomic mass is 16.5. The van der Waals surface area contributed by atoms with E-state index < -0.39 is 0 Å². The molecule has 86 valence electrons. The number of methoxy groups -OCH3 is 1. The number of nitrogens with zero attached hydrogens (tertiary/aromatic N) is 1. The van der Waals surface area contributed by atoms with E-state index in [1.54, 1.807) is 0 Å². The van der Waals surface area contributed by atoms with E-state index in [1.165, 1.54) is 7.11 Å². The first-order chi connectivity index (χ1) is 7.24. The van der Waals surface area contributed by atoms with Crippen molar-refractivity contribution in [1.82, 2.24) is 10.2 Å². The Kier molecular flexibility index (Phi) is 6.42. The number of hydrogen-bond donors (Lipinski definition) is 1. The Morgan fingerprint density at radius 2 is 1.87 bits per heavy atom. The molecule has 1 heterocycles. The molecule has 0 unspecified atom stereocenters. The van der Waals surface area contributed by atoms with Crippen LogP contribution in [0.4, 0.5) is 0 Å². The van der Waals surface area contributed by atoms with E-state index >= 15 is 0 Å². The molecule has 0 atom stereocenters. The normalized spacial score (nSPS) is 9.13. The van der Waals surface area contributed by atoms with Crippen LogP contribution in [-0.2, 0) is 12.8 Å². The van der Waals surface area contributed by atoms with Crippen LogP contribution in [0.3, 0.4) is 0 Å². The molecule has 0 saturated carbocycles. The maximum Gasteiger partial charge on any atom is 0.306 e. The summed E-state index contributed by atoms with van der Waals surface area (Å²) in [6, 6.07) is 0. The summed E-state index contributed by atoms with van der Waals surface area (Å²) in [4.78, 5) is 11.3. The second-order valence-electron chi connectivity index (χ2n) is 2.72. The average Bonchev–Trinajstić information content (AvgIpc) is 2.31. The molecule has 0 spiro atoms. The fourth-order valence-corrected chi connectivity index (χ4v) is 1.38. The van der Waals surface area contributed by atoms with Gasteiger partial charge in [-0.25, -0.2) is 5.10 Å². The standard InChI is InChI=1S/C9H14N2O2.C2H6/c1-4-6-7(5-2)10-11-9(12)8(6)13-3;1-2/h4-5H2,1-3H3,(H,11,12);1-2H3. The van der Waals surface area contributed by atoms with Crippen LogP contribution >= 0.6 is 0 Å². The molecule has 1 aromatic rings. The molecule has 0 saturated heterocycles. The molecule has 0 aliphatic heterocycles. The molecule has 4 heteroatoms. The molecule has 0 amide bonds. The Morgan fingerprint density at radius 3 is 2.27 bits per heavy atom. The van der Waals surface area contributed by atoms with Crippen molar-refractivity contribution in [1.29, 1.82) is 0 Å². The first-order valence-electron chi connectivity index (χ1n) is 5.39. The number of rotatable bonds is 3. The lowest BCUT2D eigenvalue weighted by atomic mass is 10.1. The van der Waals surface area contributed by atoms with Gasteiger partial charge in [-0.2, -0.15) is 5.10 Å². The monoisotopic (exact) mass is 212 g/mol. The fraction of sp³-hybridized carbons (Fsp3) is 0.636. The van der Waals surface area contributed by atoms with Gasteiger partial charge in [0.2, 0.25) is 0 Å². The van der Waals surface area contributed by atoms with Gasteiger partial charge in [-0.05, 0) is 12.8 Å². The van der Waals surface area contributed by atoms with Gasteiger partial charge in [0, 0.05) is 5.56 Å². The van der Waals surface area contributed by atoms with Crippen molar-refractivity contribution in [3.8, 4) is 5.75 Å². The minimum atomic E-state index is -0.253. The molecule has 15 heavy (non-hydrogen) atoms. The van der Waals surface area contributed by atoms with E-state index in [4.69, 9.17) is 4.74 Å². The molecule has 1 aromatic heterocycles. The quantitative estimate of drug-likeness (QED) is 0.833. The van der Waals surface area contributed by atoms with Gasteiger partial charge in [0.15, 0.2) is 5.75 Å². The predicted molar refractivity (Wildman–Crippen MR) is 61.5 cm³/mol. The van der Waals surface area contributed by atoms with Crippen LogP contribution in [0.5, 0.6) is 5.75 Å². The molecule has 0 aliphatic rings. The number of hydrogen-bond acceptors (Lipinski definition) is 3. The third kappa shape index (κ3) is 3.08. The zero-order valence-electron chi connectivity index (χ0n) is 10.2. The van der Waals surface area contributed by atoms with Crippen LogP contribution in [0.2, 0.25) is 0 Å². The molecular formula is C11H20N2O2. The first-order valence-corrected chi connectivity index (χ1v) is 5.39. The topological polar surface area (TPSA) is 55.0 Å². The minimum absolute atomic E-state index is 0.253. The summed E-state index contributed by atoms with van der Waals surface area (Å²) < 4.78 is 5.03. The summed E-state index contributed by atoms with van der Waals surface area (Å²) >= 11 is 0. The molecule has 0 aromatic carbocycles. The molecule has 4 nitrogen and oxygen atoms in total. The lowest BCUT2D eigenvalue weighted by Gasteiger charge is -2.08. The highest BCUT2D eigenvalue weighted by molar-refractivity contribution is 5.33. The average molecular weight is 212 g/mol. The highest BCUT2D eigenvalue weighted by Crippen LogP contribution is 2.15. The van der Waals surface area contributed by atoms with Crippen molar-refractivity contribution < 1.29 is 4.74 Å². The molecule has 0 fully saturated rings. The van der Waals surface area contributed by atoms with Gasteiger partial charge in [-0.1, -0.05) is 27.7 Å². The van der Waals surface area contributed by atoms with Crippen molar-refractivity contribution in [2.45, 2.75) is 40.5 Å². The highest BCUT2D eigenvalue weighted by Gasteiger charge is 2.11. The zero-order chi connectivity index (χ0) is 11.8. The Morgan fingerprint density at radius 1 is 1.27 bits per heavy atom. The maximum absolute atomic E-state index is 11.3. The van der Waals surface area contributed by atoms with Crippen LogP contribution in [0.15, 0.2) is 4.79 Å². The Hall–Kier alpha value is -1.32.